The van der Waals surface area contributed by atoms with Crippen LogP contribution in [0.5, 0.6) is 0 Å². The van der Waals surface area contributed by atoms with Crippen molar-refractivity contribution >= 4 is 11.8 Å². The molecule has 2 N–H and O–H groups in total. The van der Waals surface area contributed by atoms with Gasteiger partial charge < -0.3 is 5.73 Å². The van der Waals surface area contributed by atoms with E-state index in [0.29, 0.717) is 16.7 Å². The third kappa shape index (κ3) is 3.20. The van der Waals surface area contributed by atoms with Crippen molar-refractivity contribution in [3.8, 4) is 0 Å². The van der Waals surface area contributed by atoms with Gasteiger partial charge in [0.15, 0.2) is 0 Å². The number of benzene rings is 1. The quantitative estimate of drug-likeness (QED) is 0.849. The second-order valence-corrected chi connectivity index (χ2v) is 5.89. The van der Waals surface area contributed by atoms with Crippen LogP contribution in [-0.4, -0.2) is 18.0 Å². The highest BCUT2D eigenvalue weighted by molar-refractivity contribution is 7.99. The van der Waals surface area contributed by atoms with Crippen molar-refractivity contribution in [1.29, 1.82) is 0 Å². The number of hydrogen-bond acceptors (Lipinski definition) is 2. The van der Waals surface area contributed by atoms with Gasteiger partial charge in [-0.1, -0.05) is 19.1 Å². The molecule has 0 amide bonds. The summed E-state index contributed by atoms with van der Waals surface area (Å²) in [5, 5.41) is 0. The van der Waals surface area contributed by atoms with Gasteiger partial charge in [0, 0.05) is 10.9 Å². The zero-order valence-corrected chi connectivity index (χ0v) is 10.9. The number of nitrogens with two attached hydrogens (primary N) is 1. The summed E-state index contributed by atoms with van der Waals surface area (Å²) in [5.41, 5.74) is 7.03. The van der Waals surface area contributed by atoms with Crippen molar-refractivity contribution in [2.75, 3.05) is 5.75 Å². The normalized spacial score (nSPS) is 27.9. The fourth-order valence-electron chi connectivity index (χ4n) is 2.24. The van der Waals surface area contributed by atoms with E-state index in [1.807, 2.05) is 12.1 Å². The lowest BCUT2D eigenvalue weighted by atomic mass is 9.67. The minimum absolute atomic E-state index is 0.259. The average molecular weight is 275 g/mol. The average Bonchev–Trinajstić information content (AvgIpc) is 2.33. The first-order chi connectivity index (χ1) is 8.37. The summed E-state index contributed by atoms with van der Waals surface area (Å²) < 4.78 is 36.2. The number of thioether (sulfide) groups is 1. The van der Waals surface area contributed by atoms with Crippen LogP contribution in [0.1, 0.15) is 24.8 Å². The Bertz CT molecular complexity index is 402. The van der Waals surface area contributed by atoms with Crippen molar-refractivity contribution in [3.63, 3.8) is 0 Å². The molecule has 0 spiro atoms. The summed E-state index contributed by atoms with van der Waals surface area (Å²) in [5.74, 6) is 0.0807. The van der Waals surface area contributed by atoms with Crippen LogP contribution < -0.4 is 5.73 Å². The third-order valence-electron chi connectivity index (χ3n) is 3.55. The van der Waals surface area contributed by atoms with Gasteiger partial charge in [0.1, 0.15) is 0 Å². The summed E-state index contributed by atoms with van der Waals surface area (Å²) in [6, 6.07) is 7.64. The second kappa shape index (κ2) is 5.13. The first-order valence-electron chi connectivity index (χ1n) is 5.92. The van der Waals surface area contributed by atoms with Crippen molar-refractivity contribution in [3.05, 3.63) is 29.8 Å². The van der Waals surface area contributed by atoms with E-state index < -0.39 is 11.9 Å². The fraction of sp³-hybridized carbons (Fsp3) is 0.538. The summed E-state index contributed by atoms with van der Waals surface area (Å²) in [4.78, 5) is 0.660. The van der Waals surface area contributed by atoms with E-state index in [2.05, 4.69) is 6.92 Å². The van der Waals surface area contributed by atoms with E-state index in [9.17, 15) is 13.2 Å². The van der Waals surface area contributed by atoms with Crippen LogP contribution in [0.15, 0.2) is 29.2 Å². The van der Waals surface area contributed by atoms with Gasteiger partial charge in [-0.25, -0.2) is 0 Å². The number of alkyl halides is 3. The van der Waals surface area contributed by atoms with Gasteiger partial charge in [-0.15, -0.1) is 11.8 Å². The molecular weight excluding hydrogens is 259 g/mol. The molecule has 18 heavy (non-hydrogen) atoms. The van der Waals surface area contributed by atoms with Crippen LogP contribution in [0.4, 0.5) is 13.2 Å². The lowest BCUT2D eigenvalue weighted by Crippen LogP contribution is -2.44. The third-order valence-corrected chi connectivity index (χ3v) is 4.62. The smallest absolute Gasteiger partial charge is 0.327 e. The minimum atomic E-state index is -4.11. The van der Waals surface area contributed by atoms with Gasteiger partial charge in [-0.05, 0) is 36.0 Å². The predicted octanol–water partition coefficient (Wildman–Crippen LogP) is 3.79. The molecule has 5 heteroatoms. The van der Waals surface area contributed by atoms with Crippen LogP contribution in [0.3, 0.4) is 0 Å². The standard InChI is InChI=1S/C13H16F3NS/c1-8-11(6-12(8)17)9-2-4-10(5-3-9)18-7-13(14,15)16/h2-5,8,11-12H,6-7,17H2,1H3. The molecule has 1 aliphatic carbocycles. The molecule has 2 rings (SSSR count). The number of rotatable bonds is 3. The van der Waals surface area contributed by atoms with E-state index in [4.69, 9.17) is 5.73 Å². The van der Waals surface area contributed by atoms with Gasteiger partial charge in [0.25, 0.3) is 0 Å². The molecule has 0 aliphatic heterocycles. The zero-order chi connectivity index (χ0) is 13.3. The van der Waals surface area contributed by atoms with Crippen molar-refractivity contribution in [2.45, 2.75) is 36.4 Å². The molecule has 0 aromatic heterocycles. The van der Waals surface area contributed by atoms with Gasteiger partial charge in [-0.3, -0.25) is 0 Å². The number of halogens is 3. The Balaban J connectivity index is 1.94. The maximum Gasteiger partial charge on any atom is 0.398 e. The highest BCUT2D eigenvalue weighted by atomic mass is 32.2. The zero-order valence-electron chi connectivity index (χ0n) is 10.1. The molecule has 0 heterocycles. The molecule has 1 nitrogen and oxygen atoms in total. The molecule has 1 aromatic rings. The maximum atomic E-state index is 12.1. The Hall–Kier alpha value is -0.680. The van der Waals surface area contributed by atoms with Crippen LogP contribution in [0, 0.1) is 5.92 Å². The molecule has 0 saturated heterocycles. The highest BCUT2D eigenvalue weighted by Gasteiger charge is 2.35. The van der Waals surface area contributed by atoms with Crippen molar-refractivity contribution in [2.24, 2.45) is 11.7 Å². The van der Waals surface area contributed by atoms with Gasteiger partial charge in [0.2, 0.25) is 0 Å². The minimum Gasteiger partial charge on any atom is -0.327 e. The molecule has 0 bridgehead atoms. The van der Waals surface area contributed by atoms with E-state index in [0.717, 1.165) is 18.2 Å². The SMILES string of the molecule is CC1C(N)CC1c1ccc(SCC(F)(F)F)cc1. The summed E-state index contributed by atoms with van der Waals surface area (Å²) in [7, 11) is 0. The molecule has 1 saturated carbocycles. The Morgan fingerprint density at radius 3 is 2.33 bits per heavy atom. The van der Waals surface area contributed by atoms with Gasteiger partial charge in [-0.2, -0.15) is 13.2 Å². The monoisotopic (exact) mass is 275 g/mol. The van der Waals surface area contributed by atoms with Crippen LogP contribution in [0.25, 0.3) is 0 Å². The summed E-state index contributed by atoms with van der Waals surface area (Å²) in [6.45, 7) is 2.12. The molecule has 1 aromatic carbocycles. The predicted molar refractivity (Wildman–Crippen MR) is 67.7 cm³/mol. The lowest BCUT2D eigenvalue weighted by Gasteiger charge is -2.40. The number of hydrogen-bond donors (Lipinski definition) is 1. The molecular formula is C13H16F3NS. The molecule has 3 atom stereocenters. The Morgan fingerprint density at radius 2 is 1.89 bits per heavy atom. The highest BCUT2D eigenvalue weighted by Crippen LogP contribution is 2.41. The molecule has 3 unspecified atom stereocenters. The van der Waals surface area contributed by atoms with Crippen molar-refractivity contribution < 1.29 is 13.2 Å². The maximum absolute atomic E-state index is 12.1. The van der Waals surface area contributed by atoms with Crippen LogP contribution >= 0.6 is 11.8 Å². The molecule has 100 valence electrons. The molecule has 1 aliphatic rings. The molecule has 0 radical (unpaired) electrons. The summed E-state index contributed by atoms with van der Waals surface area (Å²) in [6.07, 6.45) is -3.14. The summed E-state index contributed by atoms with van der Waals surface area (Å²) >= 11 is 0.825. The first kappa shape index (κ1) is 13.7. The van der Waals surface area contributed by atoms with Crippen molar-refractivity contribution in [1.82, 2.24) is 0 Å². The van der Waals surface area contributed by atoms with E-state index >= 15 is 0 Å². The van der Waals surface area contributed by atoms with Gasteiger partial charge >= 0.3 is 6.18 Å². The topological polar surface area (TPSA) is 26.0 Å². The first-order valence-corrected chi connectivity index (χ1v) is 6.90. The van der Waals surface area contributed by atoms with E-state index in [1.54, 1.807) is 12.1 Å². The molecule has 1 fully saturated rings. The van der Waals surface area contributed by atoms with Crippen LogP contribution in [0.2, 0.25) is 0 Å². The second-order valence-electron chi connectivity index (χ2n) is 4.84. The van der Waals surface area contributed by atoms with E-state index in [-0.39, 0.29) is 6.04 Å². The largest absolute Gasteiger partial charge is 0.398 e. The Labute approximate surface area is 109 Å². The van der Waals surface area contributed by atoms with Gasteiger partial charge in [0.05, 0.1) is 5.75 Å². The van der Waals surface area contributed by atoms with E-state index in [1.165, 1.54) is 5.56 Å². The lowest BCUT2D eigenvalue weighted by molar-refractivity contribution is -0.105. The Morgan fingerprint density at radius 1 is 1.28 bits per heavy atom. The fourth-order valence-corrected chi connectivity index (χ4v) is 2.90. The Kier molecular flexibility index (Phi) is 3.92. The van der Waals surface area contributed by atoms with Crippen LogP contribution in [-0.2, 0) is 0 Å².